The Hall–Kier alpha value is -1.10. The Morgan fingerprint density at radius 3 is 2.25 bits per heavy atom. The van der Waals surface area contributed by atoms with Gasteiger partial charge in [-0.15, -0.1) is 0 Å². The molecule has 1 aromatic rings. The van der Waals surface area contributed by atoms with Crippen LogP contribution < -0.4 is 10.6 Å². The minimum Gasteiger partial charge on any atom is -0.368 e. The molecular weight excluding hydrogens is 226 g/mol. The van der Waals surface area contributed by atoms with Gasteiger partial charge in [0, 0.05) is 12.6 Å². The van der Waals surface area contributed by atoms with Gasteiger partial charge >= 0.3 is 0 Å². The van der Waals surface area contributed by atoms with Gasteiger partial charge in [-0.05, 0) is 31.4 Å². The highest BCUT2D eigenvalue weighted by molar-refractivity contribution is 6.28. The summed E-state index contributed by atoms with van der Waals surface area (Å²) in [7, 11) is 0. The zero-order chi connectivity index (χ0) is 12.3. The van der Waals surface area contributed by atoms with E-state index in [0.717, 1.165) is 6.54 Å². The molecule has 0 amide bonds. The van der Waals surface area contributed by atoms with Crippen LogP contribution in [0.25, 0.3) is 0 Å². The molecule has 0 bridgehead atoms. The first-order valence-electron chi connectivity index (χ1n) is 5.33. The second-order valence-electron chi connectivity index (χ2n) is 4.40. The van der Waals surface area contributed by atoms with Crippen LogP contribution in [0.3, 0.4) is 0 Å². The molecule has 2 N–H and O–H groups in total. The fourth-order valence-corrected chi connectivity index (χ4v) is 1.56. The van der Waals surface area contributed by atoms with Crippen LogP contribution >= 0.6 is 11.6 Å². The number of nitrogens with two attached hydrogens (primary N) is 1. The van der Waals surface area contributed by atoms with Gasteiger partial charge in [0.15, 0.2) is 0 Å². The molecule has 16 heavy (non-hydrogen) atoms. The van der Waals surface area contributed by atoms with Crippen molar-refractivity contribution in [2.24, 2.45) is 5.92 Å². The lowest BCUT2D eigenvalue weighted by Crippen LogP contribution is -2.35. The molecule has 0 aliphatic carbocycles. The topological polar surface area (TPSA) is 67.9 Å². The molecule has 0 atom stereocenters. The SMILES string of the molecule is CC(C)CN(c1nc(N)nc(Cl)n1)C(C)C. The summed E-state index contributed by atoms with van der Waals surface area (Å²) in [6, 6.07) is 0.292. The monoisotopic (exact) mass is 243 g/mol. The van der Waals surface area contributed by atoms with Crippen LogP contribution in [0.4, 0.5) is 11.9 Å². The van der Waals surface area contributed by atoms with E-state index < -0.39 is 0 Å². The van der Waals surface area contributed by atoms with E-state index in [1.807, 2.05) is 0 Å². The number of rotatable bonds is 4. The van der Waals surface area contributed by atoms with Gasteiger partial charge in [-0.2, -0.15) is 15.0 Å². The predicted octanol–water partition coefficient (Wildman–Crippen LogP) is 1.98. The van der Waals surface area contributed by atoms with Crippen molar-refractivity contribution in [3.8, 4) is 0 Å². The normalized spacial score (nSPS) is 11.2. The number of hydrogen-bond acceptors (Lipinski definition) is 5. The van der Waals surface area contributed by atoms with Gasteiger partial charge in [-0.25, -0.2) is 0 Å². The Labute approximate surface area is 101 Å². The maximum Gasteiger partial charge on any atom is 0.231 e. The van der Waals surface area contributed by atoms with Gasteiger partial charge < -0.3 is 10.6 Å². The highest BCUT2D eigenvalue weighted by Crippen LogP contribution is 2.16. The molecule has 1 aromatic heterocycles. The first-order chi connectivity index (χ1) is 7.40. The van der Waals surface area contributed by atoms with Gasteiger partial charge in [0.25, 0.3) is 0 Å². The summed E-state index contributed by atoms with van der Waals surface area (Å²) < 4.78 is 0. The summed E-state index contributed by atoms with van der Waals surface area (Å²) in [5, 5.41) is 0.136. The molecule has 0 aliphatic heterocycles. The Morgan fingerprint density at radius 2 is 1.81 bits per heavy atom. The predicted molar refractivity (Wildman–Crippen MR) is 66.6 cm³/mol. The zero-order valence-electron chi connectivity index (χ0n) is 10.1. The fourth-order valence-electron chi connectivity index (χ4n) is 1.40. The van der Waals surface area contributed by atoms with E-state index in [2.05, 4.69) is 47.5 Å². The third kappa shape index (κ3) is 3.48. The third-order valence-corrected chi connectivity index (χ3v) is 2.22. The average molecular weight is 244 g/mol. The van der Waals surface area contributed by atoms with E-state index in [1.165, 1.54) is 0 Å². The number of nitrogens with zero attached hydrogens (tertiary/aromatic N) is 4. The molecule has 0 aromatic carbocycles. The smallest absolute Gasteiger partial charge is 0.231 e. The van der Waals surface area contributed by atoms with Gasteiger partial charge in [-0.3, -0.25) is 0 Å². The zero-order valence-corrected chi connectivity index (χ0v) is 10.9. The molecule has 0 unspecified atom stereocenters. The first-order valence-corrected chi connectivity index (χ1v) is 5.71. The van der Waals surface area contributed by atoms with Crippen LogP contribution in [0.5, 0.6) is 0 Å². The Balaban J connectivity index is 3.00. The van der Waals surface area contributed by atoms with Crippen molar-refractivity contribution in [1.29, 1.82) is 0 Å². The highest BCUT2D eigenvalue weighted by atomic mass is 35.5. The van der Waals surface area contributed by atoms with E-state index in [4.69, 9.17) is 17.3 Å². The summed E-state index contributed by atoms with van der Waals surface area (Å²) in [6.07, 6.45) is 0. The van der Waals surface area contributed by atoms with E-state index in [1.54, 1.807) is 0 Å². The van der Waals surface area contributed by atoms with Crippen molar-refractivity contribution >= 4 is 23.5 Å². The van der Waals surface area contributed by atoms with Crippen LogP contribution in [0.15, 0.2) is 0 Å². The van der Waals surface area contributed by atoms with Crippen molar-refractivity contribution in [3.05, 3.63) is 5.28 Å². The van der Waals surface area contributed by atoms with Crippen molar-refractivity contribution < 1.29 is 0 Å². The summed E-state index contributed by atoms with van der Waals surface area (Å²) in [5.41, 5.74) is 5.55. The molecule has 1 rings (SSSR count). The number of nitrogen functional groups attached to an aromatic ring is 1. The second kappa shape index (κ2) is 5.30. The maximum atomic E-state index is 5.77. The lowest BCUT2D eigenvalue weighted by Gasteiger charge is -2.28. The second-order valence-corrected chi connectivity index (χ2v) is 4.74. The Kier molecular flexibility index (Phi) is 4.29. The minimum absolute atomic E-state index is 0.136. The average Bonchev–Trinajstić information content (AvgIpc) is 2.11. The molecule has 0 saturated heterocycles. The van der Waals surface area contributed by atoms with Crippen LogP contribution in [0, 0.1) is 5.92 Å². The van der Waals surface area contributed by atoms with Crippen LogP contribution in [0.2, 0.25) is 5.28 Å². The number of halogens is 1. The van der Waals surface area contributed by atoms with E-state index in [0.29, 0.717) is 17.9 Å². The Morgan fingerprint density at radius 1 is 1.19 bits per heavy atom. The lowest BCUT2D eigenvalue weighted by atomic mass is 10.2. The maximum absolute atomic E-state index is 5.77. The van der Waals surface area contributed by atoms with Gasteiger partial charge in [0.2, 0.25) is 17.2 Å². The van der Waals surface area contributed by atoms with E-state index >= 15 is 0 Å². The van der Waals surface area contributed by atoms with Crippen LogP contribution in [-0.4, -0.2) is 27.5 Å². The van der Waals surface area contributed by atoms with Crippen molar-refractivity contribution in [2.45, 2.75) is 33.7 Å². The molecule has 0 saturated carbocycles. The quantitative estimate of drug-likeness (QED) is 0.876. The summed E-state index contributed by atoms with van der Waals surface area (Å²) >= 11 is 5.77. The summed E-state index contributed by atoms with van der Waals surface area (Å²) in [6.45, 7) is 9.30. The standard InChI is InChI=1S/C10H18ClN5/c1-6(2)5-16(7(3)4)10-14-8(11)13-9(12)15-10/h6-7H,5H2,1-4H3,(H2,12,13,14,15). The first kappa shape index (κ1) is 13.0. The van der Waals surface area contributed by atoms with Crippen LogP contribution in [0.1, 0.15) is 27.7 Å². The van der Waals surface area contributed by atoms with E-state index in [9.17, 15) is 0 Å². The molecule has 0 spiro atoms. The Bertz CT molecular complexity index is 333. The highest BCUT2D eigenvalue weighted by Gasteiger charge is 2.16. The van der Waals surface area contributed by atoms with Gasteiger partial charge in [-0.1, -0.05) is 13.8 Å². The molecule has 5 nitrogen and oxygen atoms in total. The molecule has 0 aliphatic rings. The van der Waals surface area contributed by atoms with Gasteiger partial charge in [0.05, 0.1) is 0 Å². The van der Waals surface area contributed by atoms with Crippen LogP contribution in [-0.2, 0) is 0 Å². The molecule has 0 fully saturated rings. The summed E-state index contributed by atoms with van der Waals surface area (Å²) in [4.78, 5) is 14.0. The lowest BCUT2D eigenvalue weighted by molar-refractivity contribution is 0.560. The van der Waals surface area contributed by atoms with Gasteiger partial charge in [0.1, 0.15) is 0 Å². The minimum atomic E-state index is 0.136. The largest absolute Gasteiger partial charge is 0.368 e. The molecule has 0 radical (unpaired) electrons. The van der Waals surface area contributed by atoms with E-state index in [-0.39, 0.29) is 11.2 Å². The fraction of sp³-hybridized carbons (Fsp3) is 0.700. The van der Waals surface area contributed by atoms with Crippen molar-refractivity contribution in [1.82, 2.24) is 15.0 Å². The van der Waals surface area contributed by atoms with Crippen molar-refractivity contribution in [2.75, 3.05) is 17.2 Å². The molecular formula is C10H18ClN5. The molecule has 6 heteroatoms. The molecule has 90 valence electrons. The summed E-state index contributed by atoms with van der Waals surface area (Å²) in [5.74, 6) is 1.21. The molecule has 1 heterocycles. The number of hydrogen-bond donors (Lipinski definition) is 1. The third-order valence-electron chi connectivity index (χ3n) is 2.06. The number of aromatic nitrogens is 3. The van der Waals surface area contributed by atoms with Crippen molar-refractivity contribution in [3.63, 3.8) is 0 Å². The number of anilines is 2.